The van der Waals surface area contributed by atoms with Gasteiger partial charge in [-0.15, -0.1) is 11.3 Å². The van der Waals surface area contributed by atoms with Gasteiger partial charge in [-0.1, -0.05) is 67.0 Å². The molecular formula is C39H64N2O5S. The number of thiazole rings is 1. The first-order valence-electron chi connectivity index (χ1n) is 18.2. The van der Waals surface area contributed by atoms with E-state index in [9.17, 15) is 9.90 Å². The predicted molar refractivity (Wildman–Crippen MR) is 189 cm³/mol. The minimum absolute atomic E-state index is 0.0401. The summed E-state index contributed by atoms with van der Waals surface area (Å²) in [6, 6.07) is -0.0983. The Morgan fingerprint density at radius 2 is 1.77 bits per heavy atom. The molecule has 13 atom stereocenters. The summed E-state index contributed by atoms with van der Waals surface area (Å²) in [6.07, 6.45) is 7.10. The quantitative estimate of drug-likeness (QED) is 0.240. The molecule has 2 saturated carbocycles. The third-order valence-corrected chi connectivity index (χ3v) is 16.2. The molecule has 1 aromatic heterocycles. The first kappa shape index (κ1) is 36.9. The number of aromatic nitrogens is 1. The molecule has 47 heavy (non-hydrogen) atoms. The van der Waals surface area contributed by atoms with Crippen LogP contribution in [0, 0.1) is 56.7 Å². The summed E-state index contributed by atoms with van der Waals surface area (Å²) in [4.78, 5) is 18.1. The molecule has 0 radical (unpaired) electrons. The molecule has 1 saturated heterocycles. The number of carboxylic acid groups (broad SMARTS) is 1. The molecule has 4 aliphatic rings. The van der Waals surface area contributed by atoms with Gasteiger partial charge in [0, 0.05) is 23.3 Å². The average Bonchev–Trinajstić information content (AvgIpc) is 3.49. The molecule has 7 nitrogen and oxygen atoms in total. The number of nitrogens with zero attached hydrogens (tertiary/aromatic N) is 1. The van der Waals surface area contributed by atoms with Crippen LogP contribution < -0.4 is 5.73 Å². The maximum Gasteiger partial charge on any atom is 0.307 e. The normalized spacial score (nSPS) is 42.8. The number of ether oxygens (including phenoxy) is 3. The highest BCUT2D eigenvalue weighted by Gasteiger charge is 2.70. The van der Waals surface area contributed by atoms with Crippen LogP contribution in [-0.2, 0) is 25.6 Å². The number of carbonyl (C=O) groups is 1. The van der Waals surface area contributed by atoms with Crippen LogP contribution in [0.1, 0.15) is 125 Å². The van der Waals surface area contributed by atoms with Crippen molar-refractivity contribution < 1.29 is 24.1 Å². The number of methoxy groups -OCH3 is 1. The van der Waals surface area contributed by atoms with Crippen LogP contribution in [0.3, 0.4) is 0 Å². The average molecular weight is 673 g/mol. The van der Waals surface area contributed by atoms with E-state index in [2.05, 4.69) is 80.7 Å². The van der Waals surface area contributed by atoms with Crippen LogP contribution in [0.2, 0.25) is 0 Å². The van der Waals surface area contributed by atoms with Gasteiger partial charge in [0.15, 0.2) is 0 Å². The van der Waals surface area contributed by atoms with E-state index in [4.69, 9.17) is 24.9 Å². The zero-order valence-corrected chi connectivity index (χ0v) is 32.1. The maximum atomic E-state index is 13.4. The van der Waals surface area contributed by atoms with Gasteiger partial charge in [0.25, 0.3) is 0 Å². The molecule has 1 aliphatic heterocycles. The van der Waals surface area contributed by atoms with Crippen LogP contribution in [-0.4, -0.2) is 48.1 Å². The number of aliphatic carboxylic acids is 1. The van der Waals surface area contributed by atoms with Crippen LogP contribution in [0.15, 0.2) is 17.0 Å². The van der Waals surface area contributed by atoms with Crippen LogP contribution in [0.4, 0.5) is 0 Å². The molecule has 3 fully saturated rings. The molecule has 0 bridgehead atoms. The van der Waals surface area contributed by atoms with E-state index in [-0.39, 0.29) is 51.4 Å². The second kappa shape index (κ2) is 12.8. The van der Waals surface area contributed by atoms with Crippen LogP contribution in [0.5, 0.6) is 0 Å². The minimum atomic E-state index is -0.617. The highest BCUT2D eigenvalue weighted by Crippen LogP contribution is 2.74. The van der Waals surface area contributed by atoms with Gasteiger partial charge >= 0.3 is 5.97 Å². The van der Waals surface area contributed by atoms with Crippen molar-refractivity contribution in [2.75, 3.05) is 13.7 Å². The number of hydrogen-bond donors (Lipinski definition) is 2. The van der Waals surface area contributed by atoms with Gasteiger partial charge in [0.1, 0.15) is 5.01 Å². The van der Waals surface area contributed by atoms with Crippen molar-refractivity contribution in [2.45, 2.75) is 139 Å². The summed E-state index contributed by atoms with van der Waals surface area (Å²) >= 11 is 1.58. The van der Waals surface area contributed by atoms with E-state index < -0.39 is 11.9 Å². The summed E-state index contributed by atoms with van der Waals surface area (Å²) in [6.45, 7) is 26.0. The molecule has 1 unspecified atom stereocenters. The summed E-state index contributed by atoms with van der Waals surface area (Å²) in [7, 11) is 1.77. The smallest absolute Gasteiger partial charge is 0.307 e. The Morgan fingerprint density at radius 3 is 2.34 bits per heavy atom. The molecule has 0 amide bonds. The van der Waals surface area contributed by atoms with Gasteiger partial charge in [0.05, 0.1) is 49.2 Å². The molecule has 0 aromatic carbocycles. The highest BCUT2D eigenvalue weighted by atomic mass is 32.1. The SMILES string of the molecule is CO[C@H](C)[C@H](OCc1csc([C@H](C)N)n1)[C@]1(C)CO[C@@H](C)[C@@]2(C)C3=CC[C@@]4(C)[C@H](C(=O)O)[C@@](C)([C@H](C)C(C)C)CC[C@]4(C)[C@H]3CCC21. The molecule has 5 rings (SSSR count). The standard InChI is InChI=1S/C39H64N2O5S/c1-22(2)23(3)35(7)17-18-37(9)28-13-14-30-36(8,32(25(5)44-12)45-19-27-20-47-33(41-27)24(4)40)21-46-26(6)39(30,11)29(28)15-16-38(37,10)31(35)34(42)43/h15,20,22-26,28,30-32H,13-14,16-19,21,40H2,1-12H3,(H,42,43)/t23-,24+,25-,26+,28+,30?,31-,32+,35-,36-,37-,38+,39+/m1/s1. The van der Waals surface area contributed by atoms with Crippen molar-refractivity contribution in [1.29, 1.82) is 0 Å². The molecular weight excluding hydrogens is 609 g/mol. The van der Waals surface area contributed by atoms with Crippen LogP contribution >= 0.6 is 11.3 Å². The Bertz CT molecular complexity index is 1340. The molecule has 8 heteroatoms. The Balaban J connectivity index is 1.53. The fraction of sp³-hybridized carbons (Fsp3) is 0.846. The van der Waals surface area contributed by atoms with Gasteiger partial charge < -0.3 is 25.1 Å². The fourth-order valence-corrected chi connectivity index (χ4v) is 12.4. The van der Waals surface area contributed by atoms with Crippen molar-refractivity contribution in [3.8, 4) is 0 Å². The Kier molecular flexibility index (Phi) is 10.0. The maximum absolute atomic E-state index is 13.4. The first-order valence-corrected chi connectivity index (χ1v) is 19.1. The molecule has 0 spiro atoms. The fourth-order valence-electron chi connectivity index (χ4n) is 11.6. The third kappa shape index (κ3) is 5.50. The minimum Gasteiger partial charge on any atom is -0.481 e. The van der Waals surface area contributed by atoms with E-state index in [0.29, 0.717) is 36.9 Å². The number of carboxylic acids is 1. The van der Waals surface area contributed by atoms with E-state index in [1.807, 2.05) is 6.92 Å². The lowest BCUT2D eigenvalue weighted by atomic mass is 9.35. The summed E-state index contributed by atoms with van der Waals surface area (Å²) in [5, 5.41) is 14.0. The topological polar surface area (TPSA) is 104 Å². The van der Waals surface area contributed by atoms with E-state index in [0.717, 1.165) is 42.8 Å². The number of rotatable bonds is 10. The lowest BCUT2D eigenvalue weighted by molar-refractivity contribution is -0.244. The number of fused-ring (bicyclic) bond motifs is 5. The molecule has 1 aromatic rings. The van der Waals surface area contributed by atoms with Gasteiger partial charge in [0.2, 0.25) is 0 Å². The lowest BCUT2D eigenvalue weighted by Gasteiger charge is -2.70. The second-order valence-electron chi connectivity index (χ2n) is 17.6. The summed E-state index contributed by atoms with van der Waals surface area (Å²) in [5.41, 5.74) is 7.30. The number of allylic oxidation sites excluding steroid dienone is 1. The zero-order valence-electron chi connectivity index (χ0n) is 31.3. The number of hydrogen-bond acceptors (Lipinski definition) is 7. The molecule has 3 N–H and O–H groups in total. The Morgan fingerprint density at radius 1 is 1.09 bits per heavy atom. The van der Waals surface area contributed by atoms with E-state index in [1.165, 1.54) is 5.57 Å². The van der Waals surface area contributed by atoms with Gasteiger partial charge in [-0.2, -0.15) is 0 Å². The molecule has 2 heterocycles. The van der Waals surface area contributed by atoms with Gasteiger partial charge in [-0.05, 0) is 92.8 Å². The monoisotopic (exact) mass is 672 g/mol. The molecule has 266 valence electrons. The number of nitrogens with two attached hydrogens (primary N) is 1. The van der Waals surface area contributed by atoms with E-state index >= 15 is 0 Å². The first-order chi connectivity index (χ1) is 21.8. The van der Waals surface area contributed by atoms with Crippen molar-refractivity contribution in [1.82, 2.24) is 4.98 Å². The lowest BCUT2D eigenvalue weighted by Crippen LogP contribution is -2.67. The van der Waals surface area contributed by atoms with Crippen molar-refractivity contribution in [3.63, 3.8) is 0 Å². The largest absolute Gasteiger partial charge is 0.481 e. The predicted octanol–water partition coefficient (Wildman–Crippen LogP) is 8.68. The third-order valence-electron chi connectivity index (χ3n) is 15.2. The van der Waals surface area contributed by atoms with Gasteiger partial charge in [-0.3, -0.25) is 4.79 Å². The van der Waals surface area contributed by atoms with Gasteiger partial charge in [-0.25, -0.2) is 4.98 Å². The summed E-state index contributed by atoms with van der Waals surface area (Å²) < 4.78 is 19.7. The van der Waals surface area contributed by atoms with Crippen LogP contribution in [0.25, 0.3) is 0 Å². The van der Waals surface area contributed by atoms with Crippen molar-refractivity contribution in [3.05, 3.63) is 27.7 Å². The zero-order chi connectivity index (χ0) is 34.9. The van der Waals surface area contributed by atoms with E-state index in [1.54, 1.807) is 18.4 Å². The summed E-state index contributed by atoms with van der Waals surface area (Å²) in [5.74, 6) is 0.385. The highest BCUT2D eigenvalue weighted by molar-refractivity contribution is 7.09. The second-order valence-corrected chi connectivity index (χ2v) is 18.5. The van der Waals surface area contributed by atoms with Crippen molar-refractivity contribution >= 4 is 17.3 Å². The Labute approximate surface area is 288 Å². The van der Waals surface area contributed by atoms with Crippen molar-refractivity contribution in [2.24, 2.45) is 62.4 Å². The molecule has 3 aliphatic carbocycles. The Hall–Kier alpha value is -1.32.